The Kier molecular flexibility index (Phi) is 4.33. The van der Waals surface area contributed by atoms with Crippen LogP contribution in [0.15, 0.2) is 12.1 Å². The Morgan fingerprint density at radius 1 is 1.25 bits per heavy atom. The summed E-state index contributed by atoms with van der Waals surface area (Å²) in [6.07, 6.45) is 0. The first-order valence-electron chi connectivity index (χ1n) is 5.43. The van der Waals surface area contributed by atoms with E-state index in [1.54, 1.807) is 7.11 Å². The van der Waals surface area contributed by atoms with Gasteiger partial charge in [0.2, 0.25) is 0 Å². The second kappa shape index (κ2) is 5.32. The van der Waals surface area contributed by atoms with Crippen molar-refractivity contribution in [2.75, 3.05) is 27.8 Å². The molecule has 16 heavy (non-hydrogen) atoms. The minimum Gasteiger partial charge on any atom is -0.496 e. The molecule has 0 aliphatic rings. The van der Waals surface area contributed by atoms with Gasteiger partial charge in [-0.3, -0.25) is 0 Å². The molecule has 1 unspecified atom stereocenters. The predicted molar refractivity (Wildman–Crippen MR) is 66.0 cm³/mol. The molecule has 0 bridgehead atoms. The highest BCUT2D eigenvalue weighted by atomic mass is 16.5. The van der Waals surface area contributed by atoms with Crippen LogP contribution in [0.3, 0.4) is 0 Å². The largest absolute Gasteiger partial charge is 0.496 e. The van der Waals surface area contributed by atoms with Crippen LogP contribution in [0.2, 0.25) is 0 Å². The molecule has 0 aromatic heterocycles. The summed E-state index contributed by atoms with van der Waals surface area (Å²) in [4.78, 5) is 2.01. The molecule has 3 heteroatoms. The molecule has 0 amide bonds. The Bertz CT molecular complexity index is 338. The van der Waals surface area contributed by atoms with Crippen LogP contribution < -0.4 is 4.74 Å². The summed E-state index contributed by atoms with van der Waals surface area (Å²) in [5.41, 5.74) is 3.35. The normalized spacial score (nSPS) is 12.9. The van der Waals surface area contributed by atoms with E-state index in [1.165, 1.54) is 0 Å². The van der Waals surface area contributed by atoms with Crippen LogP contribution in [-0.2, 0) is 0 Å². The van der Waals surface area contributed by atoms with Crippen molar-refractivity contribution >= 4 is 0 Å². The van der Waals surface area contributed by atoms with Gasteiger partial charge in [0.25, 0.3) is 0 Å². The van der Waals surface area contributed by atoms with E-state index in [2.05, 4.69) is 12.1 Å². The second-order valence-corrected chi connectivity index (χ2v) is 4.35. The van der Waals surface area contributed by atoms with Crippen LogP contribution in [0.25, 0.3) is 0 Å². The fraction of sp³-hybridized carbons (Fsp3) is 0.538. The number of benzene rings is 1. The number of aryl methyl sites for hydroxylation is 2. The van der Waals surface area contributed by atoms with Crippen LogP contribution in [0.4, 0.5) is 0 Å². The van der Waals surface area contributed by atoms with Crippen molar-refractivity contribution in [1.29, 1.82) is 0 Å². The average Bonchev–Trinajstić information content (AvgIpc) is 2.17. The number of rotatable bonds is 4. The Labute approximate surface area is 97.7 Å². The molecule has 1 atom stereocenters. The smallest absolute Gasteiger partial charge is 0.124 e. The molecule has 1 N–H and O–H groups in total. The molecule has 0 heterocycles. The summed E-state index contributed by atoms with van der Waals surface area (Å²) < 4.78 is 5.33. The van der Waals surface area contributed by atoms with Gasteiger partial charge in [-0.15, -0.1) is 0 Å². The number of methoxy groups -OCH3 is 1. The minimum atomic E-state index is 0.0447. The molecule has 0 saturated heterocycles. The Morgan fingerprint density at radius 3 is 2.06 bits per heavy atom. The van der Waals surface area contributed by atoms with Gasteiger partial charge in [-0.25, -0.2) is 0 Å². The maximum atomic E-state index is 9.39. The molecular formula is C13H21NO2. The molecule has 0 spiro atoms. The predicted octanol–water partition coefficient (Wildman–Crippen LogP) is 1.91. The summed E-state index contributed by atoms with van der Waals surface area (Å²) in [6, 6.07) is 4.20. The SMILES string of the molecule is COc1c(C)cc(C(CO)N(C)C)cc1C. The zero-order chi connectivity index (χ0) is 12.3. The lowest BCUT2D eigenvalue weighted by atomic mass is 10.00. The number of hydrogen-bond acceptors (Lipinski definition) is 3. The zero-order valence-corrected chi connectivity index (χ0v) is 10.7. The van der Waals surface area contributed by atoms with Crippen LogP contribution >= 0.6 is 0 Å². The van der Waals surface area contributed by atoms with E-state index >= 15 is 0 Å². The average molecular weight is 223 g/mol. The Hall–Kier alpha value is -1.06. The van der Waals surface area contributed by atoms with Gasteiger partial charge in [0.1, 0.15) is 5.75 Å². The first kappa shape index (κ1) is 13.0. The minimum absolute atomic E-state index is 0.0447. The molecule has 1 rings (SSSR count). The van der Waals surface area contributed by atoms with Crippen LogP contribution in [0.1, 0.15) is 22.7 Å². The van der Waals surface area contributed by atoms with Gasteiger partial charge in [-0.2, -0.15) is 0 Å². The van der Waals surface area contributed by atoms with E-state index in [1.807, 2.05) is 32.8 Å². The first-order chi connectivity index (χ1) is 7.51. The lowest BCUT2D eigenvalue weighted by Gasteiger charge is -2.24. The second-order valence-electron chi connectivity index (χ2n) is 4.35. The molecule has 90 valence electrons. The van der Waals surface area contributed by atoms with E-state index in [0.29, 0.717) is 0 Å². The number of aliphatic hydroxyl groups is 1. The number of nitrogens with zero attached hydrogens (tertiary/aromatic N) is 1. The van der Waals surface area contributed by atoms with E-state index in [9.17, 15) is 5.11 Å². The number of likely N-dealkylation sites (N-methyl/N-ethyl adjacent to an activating group) is 1. The van der Waals surface area contributed by atoms with Gasteiger partial charge in [0, 0.05) is 0 Å². The fourth-order valence-electron chi connectivity index (χ4n) is 2.06. The van der Waals surface area contributed by atoms with Crippen molar-refractivity contribution in [3.8, 4) is 5.75 Å². The zero-order valence-electron chi connectivity index (χ0n) is 10.7. The third-order valence-corrected chi connectivity index (χ3v) is 2.87. The van der Waals surface area contributed by atoms with Crippen LogP contribution in [0, 0.1) is 13.8 Å². The third kappa shape index (κ3) is 2.54. The number of ether oxygens (including phenoxy) is 1. The van der Waals surface area contributed by atoms with Gasteiger partial charge in [0.05, 0.1) is 19.8 Å². The van der Waals surface area contributed by atoms with E-state index in [4.69, 9.17) is 4.74 Å². The van der Waals surface area contributed by atoms with Crippen molar-refractivity contribution in [2.24, 2.45) is 0 Å². The van der Waals surface area contributed by atoms with Crippen molar-refractivity contribution in [2.45, 2.75) is 19.9 Å². The highest BCUT2D eigenvalue weighted by Gasteiger charge is 2.15. The lowest BCUT2D eigenvalue weighted by Crippen LogP contribution is -2.23. The summed E-state index contributed by atoms with van der Waals surface area (Å²) in [5.74, 6) is 0.930. The first-order valence-corrected chi connectivity index (χ1v) is 5.43. The maximum absolute atomic E-state index is 9.39. The highest BCUT2D eigenvalue weighted by Crippen LogP contribution is 2.28. The summed E-state index contributed by atoms with van der Waals surface area (Å²) in [7, 11) is 5.62. The van der Waals surface area contributed by atoms with Gasteiger partial charge in [-0.05, 0) is 44.6 Å². The Morgan fingerprint density at radius 2 is 1.75 bits per heavy atom. The van der Waals surface area contributed by atoms with Crippen molar-refractivity contribution in [3.63, 3.8) is 0 Å². The fourth-order valence-corrected chi connectivity index (χ4v) is 2.06. The van der Waals surface area contributed by atoms with Crippen molar-refractivity contribution in [1.82, 2.24) is 4.90 Å². The van der Waals surface area contributed by atoms with Gasteiger partial charge >= 0.3 is 0 Å². The van der Waals surface area contributed by atoms with Crippen LogP contribution in [-0.4, -0.2) is 37.8 Å². The molecule has 0 aliphatic carbocycles. The molecule has 0 radical (unpaired) electrons. The van der Waals surface area contributed by atoms with Crippen LogP contribution in [0.5, 0.6) is 5.75 Å². The molecule has 1 aromatic carbocycles. The van der Waals surface area contributed by atoms with Crippen molar-refractivity contribution < 1.29 is 9.84 Å². The molecule has 0 fully saturated rings. The highest BCUT2D eigenvalue weighted by molar-refractivity contribution is 5.44. The summed E-state index contributed by atoms with van der Waals surface area (Å²) in [5, 5.41) is 9.39. The van der Waals surface area contributed by atoms with Crippen molar-refractivity contribution in [3.05, 3.63) is 28.8 Å². The maximum Gasteiger partial charge on any atom is 0.124 e. The summed E-state index contributed by atoms with van der Waals surface area (Å²) >= 11 is 0. The van der Waals surface area contributed by atoms with Gasteiger partial charge in [0.15, 0.2) is 0 Å². The lowest BCUT2D eigenvalue weighted by molar-refractivity contribution is 0.170. The molecule has 0 aliphatic heterocycles. The molecule has 3 nitrogen and oxygen atoms in total. The van der Waals surface area contributed by atoms with Gasteiger partial charge < -0.3 is 14.7 Å². The quantitative estimate of drug-likeness (QED) is 0.846. The summed E-state index contributed by atoms with van der Waals surface area (Å²) in [6.45, 7) is 4.18. The third-order valence-electron chi connectivity index (χ3n) is 2.87. The standard InChI is InChI=1S/C13H21NO2/c1-9-6-11(12(8-15)14(3)4)7-10(2)13(9)16-5/h6-7,12,15H,8H2,1-5H3. The number of aliphatic hydroxyl groups excluding tert-OH is 1. The van der Waals surface area contributed by atoms with Gasteiger partial charge in [-0.1, -0.05) is 12.1 Å². The molecular weight excluding hydrogens is 202 g/mol. The van der Waals surface area contributed by atoms with E-state index in [-0.39, 0.29) is 12.6 Å². The topological polar surface area (TPSA) is 32.7 Å². The monoisotopic (exact) mass is 223 g/mol. The molecule has 0 saturated carbocycles. The molecule has 1 aromatic rings. The van der Waals surface area contributed by atoms with E-state index < -0.39 is 0 Å². The van der Waals surface area contributed by atoms with E-state index in [0.717, 1.165) is 22.4 Å². The Balaban J connectivity index is 3.16. The number of hydrogen-bond donors (Lipinski definition) is 1.